The van der Waals surface area contributed by atoms with Crippen molar-refractivity contribution in [1.29, 1.82) is 0 Å². The van der Waals surface area contributed by atoms with Crippen LogP contribution >= 0.6 is 0 Å². The maximum absolute atomic E-state index is 10.4. The molecule has 1 unspecified atom stereocenters. The number of hydrogen-bond acceptors (Lipinski definition) is 5. The van der Waals surface area contributed by atoms with E-state index in [9.17, 15) is 5.11 Å². The Kier molecular flexibility index (Phi) is 4.17. The number of benzene rings is 2. The Bertz CT molecular complexity index is 913. The summed E-state index contributed by atoms with van der Waals surface area (Å²) in [6.45, 7) is 4.57. The summed E-state index contributed by atoms with van der Waals surface area (Å²) in [7, 11) is 3.07. The summed E-state index contributed by atoms with van der Waals surface area (Å²) in [5.74, 6) is 2.66. The van der Waals surface area contributed by atoms with Crippen LogP contribution in [0.5, 0.6) is 28.7 Å². The van der Waals surface area contributed by atoms with Crippen LogP contribution in [0.3, 0.4) is 0 Å². The minimum atomic E-state index is -0.313. The molecule has 0 spiro atoms. The molecule has 1 atom stereocenters. The van der Waals surface area contributed by atoms with E-state index in [-0.39, 0.29) is 17.3 Å². The molecule has 5 nitrogen and oxygen atoms in total. The van der Waals surface area contributed by atoms with E-state index in [4.69, 9.17) is 18.9 Å². The lowest BCUT2D eigenvalue weighted by atomic mass is 9.87. The molecule has 2 aliphatic heterocycles. The molecular weight excluding hydrogens is 344 g/mol. The second-order valence-electron chi connectivity index (χ2n) is 7.46. The van der Waals surface area contributed by atoms with Gasteiger partial charge in [0.15, 0.2) is 11.5 Å². The third-order valence-electron chi connectivity index (χ3n) is 5.15. The first-order valence-electron chi connectivity index (χ1n) is 9.04. The quantitative estimate of drug-likeness (QED) is 0.875. The number of phenols is 1. The van der Waals surface area contributed by atoms with Crippen molar-refractivity contribution in [3.63, 3.8) is 0 Å². The van der Waals surface area contributed by atoms with Crippen molar-refractivity contribution in [1.82, 2.24) is 0 Å². The maximum atomic E-state index is 10.4. The highest BCUT2D eigenvalue weighted by molar-refractivity contribution is 5.70. The van der Waals surface area contributed by atoms with Crippen molar-refractivity contribution in [2.75, 3.05) is 20.8 Å². The normalized spacial score (nSPS) is 19.3. The predicted molar refractivity (Wildman–Crippen MR) is 103 cm³/mol. The molecule has 0 radical (unpaired) electrons. The number of hydrogen-bond donors (Lipinski definition) is 1. The molecule has 0 saturated carbocycles. The third kappa shape index (κ3) is 2.97. The van der Waals surface area contributed by atoms with Crippen LogP contribution in [0.15, 0.2) is 30.3 Å². The van der Waals surface area contributed by atoms with Crippen LogP contribution in [0.4, 0.5) is 0 Å². The summed E-state index contributed by atoms with van der Waals surface area (Å²) in [5.41, 5.74) is 2.71. The van der Waals surface area contributed by atoms with E-state index in [0.717, 1.165) is 34.6 Å². The maximum Gasteiger partial charge on any atom is 0.201 e. The zero-order valence-corrected chi connectivity index (χ0v) is 16.0. The molecule has 142 valence electrons. The van der Waals surface area contributed by atoms with Crippen LogP contribution in [0.25, 0.3) is 6.08 Å². The van der Waals surface area contributed by atoms with Crippen LogP contribution in [0.2, 0.25) is 0 Å². The fourth-order valence-electron chi connectivity index (χ4n) is 3.78. The molecule has 0 aromatic heterocycles. The lowest BCUT2D eigenvalue weighted by molar-refractivity contribution is 0.157. The number of methoxy groups -OCH3 is 2. The number of fused-ring (bicyclic) bond motifs is 3. The Morgan fingerprint density at radius 1 is 1.11 bits per heavy atom. The minimum absolute atomic E-state index is 0.0207. The van der Waals surface area contributed by atoms with Gasteiger partial charge in [0, 0.05) is 11.5 Å². The molecule has 4 rings (SSSR count). The molecule has 0 saturated heterocycles. The van der Waals surface area contributed by atoms with Crippen molar-refractivity contribution in [2.24, 2.45) is 0 Å². The molecular formula is C22H24O5. The Balaban J connectivity index is 1.68. The van der Waals surface area contributed by atoms with E-state index < -0.39 is 0 Å². The van der Waals surface area contributed by atoms with Crippen LogP contribution in [0, 0.1) is 0 Å². The Hall–Kier alpha value is -2.82. The summed E-state index contributed by atoms with van der Waals surface area (Å²) in [6, 6.07) is 7.76. The van der Waals surface area contributed by atoms with Gasteiger partial charge in [0.05, 0.1) is 26.4 Å². The van der Waals surface area contributed by atoms with Gasteiger partial charge < -0.3 is 24.1 Å². The molecule has 0 bridgehead atoms. The van der Waals surface area contributed by atoms with E-state index in [2.05, 4.69) is 18.2 Å². The Labute approximate surface area is 159 Å². The van der Waals surface area contributed by atoms with Crippen LogP contribution in [0.1, 0.15) is 36.5 Å². The summed E-state index contributed by atoms with van der Waals surface area (Å²) < 4.78 is 22.8. The van der Waals surface area contributed by atoms with Crippen molar-refractivity contribution in [3.8, 4) is 28.7 Å². The van der Waals surface area contributed by atoms with Gasteiger partial charge in [-0.2, -0.15) is 0 Å². The molecule has 5 heteroatoms. The first-order valence-corrected chi connectivity index (χ1v) is 9.04. The van der Waals surface area contributed by atoms with Crippen molar-refractivity contribution in [3.05, 3.63) is 47.0 Å². The average Bonchev–Trinajstić information content (AvgIpc) is 2.66. The van der Waals surface area contributed by atoms with Crippen molar-refractivity contribution < 1.29 is 24.1 Å². The van der Waals surface area contributed by atoms with E-state index in [0.29, 0.717) is 18.1 Å². The highest BCUT2D eigenvalue weighted by Crippen LogP contribution is 2.47. The molecule has 2 aliphatic rings. The minimum Gasteiger partial charge on any atom is -0.502 e. The largest absolute Gasteiger partial charge is 0.502 e. The van der Waals surface area contributed by atoms with Gasteiger partial charge in [0.2, 0.25) is 5.75 Å². The number of aromatic hydroxyl groups is 1. The monoisotopic (exact) mass is 368 g/mol. The smallest absolute Gasteiger partial charge is 0.201 e. The average molecular weight is 368 g/mol. The molecule has 2 aromatic rings. The van der Waals surface area contributed by atoms with Gasteiger partial charge >= 0.3 is 0 Å². The summed E-state index contributed by atoms with van der Waals surface area (Å²) in [4.78, 5) is 0. The molecule has 27 heavy (non-hydrogen) atoms. The van der Waals surface area contributed by atoms with Gasteiger partial charge in [-0.15, -0.1) is 0 Å². The summed E-state index contributed by atoms with van der Waals surface area (Å²) in [5, 5.41) is 10.4. The molecule has 1 N–H and O–H groups in total. The zero-order valence-electron chi connectivity index (χ0n) is 16.0. The molecule has 0 fully saturated rings. The lowest BCUT2D eigenvalue weighted by Crippen LogP contribution is -2.28. The van der Waals surface area contributed by atoms with E-state index >= 15 is 0 Å². The summed E-state index contributed by atoms with van der Waals surface area (Å²) in [6.07, 6.45) is 4.93. The lowest BCUT2D eigenvalue weighted by Gasteiger charge is -2.32. The van der Waals surface area contributed by atoms with E-state index in [1.165, 1.54) is 7.11 Å². The van der Waals surface area contributed by atoms with Gasteiger partial charge in [-0.3, -0.25) is 0 Å². The Morgan fingerprint density at radius 3 is 2.67 bits per heavy atom. The van der Waals surface area contributed by atoms with E-state index in [1.54, 1.807) is 13.2 Å². The number of rotatable bonds is 3. The fraction of sp³-hybridized carbons (Fsp3) is 0.364. The second kappa shape index (κ2) is 6.41. The molecule has 2 heterocycles. The summed E-state index contributed by atoms with van der Waals surface area (Å²) >= 11 is 0. The van der Waals surface area contributed by atoms with Gasteiger partial charge in [-0.25, -0.2) is 0 Å². The van der Waals surface area contributed by atoms with Gasteiger partial charge in [0.1, 0.15) is 17.1 Å². The number of phenolic OH excluding ortho intramolecular Hbond substituents is 1. The van der Waals surface area contributed by atoms with Gasteiger partial charge in [-0.05, 0) is 50.1 Å². The van der Waals surface area contributed by atoms with E-state index in [1.807, 2.05) is 26.0 Å². The van der Waals surface area contributed by atoms with Crippen LogP contribution in [-0.2, 0) is 6.42 Å². The topological polar surface area (TPSA) is 57.2 Å². The highest BCUT2D eigenvalue weighted by atomic mass is 16.5. The highest BCUT2D eigenvalue weighted by Gasteiger charge is 2.31. The standard InChI is InChI=1S/C22H24O5/c1-22(2)10-9-16-17(27-22)7-5-13-11-14(12-26-20(13)16)15-6-8-18(24-3)19(23)21(15)25-4/h5-10,14,23H,11-12H2,1-4H3. The molecule has 0 amide bonds. The SMILES string of the molecule is COc1ccc(C2COc3c(ccc4c3C=CC(C)(C)O4)C2)c(OC)c1O. The molecule has 2 aromatic carbocycles. The van der Waals surface area contributed by atoms with Crippen LogP contribution < -0.4 is 18.9 Å². The second-order valence-corrected chi connectivity index (χ2v) is 7.46. The first kappa shape index (κ1) is 17.6. The van der Waals surface area contributed by atoms with Crippen molar-refractivity contribution in [2.45, 2.75) is 31.8 Å². The fourth-order valence-corrected chi connectivity index (χ4v) is 3.78. The third-order valence-corrected chi connectivity index (χ3v) is 5.15. The number of ether oxygens (including phenoxy) is 4. The Morgan fingerprint density at radius 2 is 1.93 bits per heavy atom. The van der Waals surface area contributed by atoms with Crippen molar-refractivity contribution >= 4 is 6.08 Å². The zero-order chi connectivity index (χ0) is 19.2. The molecule has 0 aliphatic carbocycles. The first-order chi connectivity index (χ1) is 12.9. The van der Waals surface area contributed by atoms with Gasteiger partial charge in [0.25, 0.3) is 0 Å². The van der Waals surface area contributed by atoms with Gasteiger partial charge in [-0.1, -0.05) is 12.1 Å². The van der Waals surface area contributed by atoms with Crippen LogP contribution in [-0.4, -0.2) is 31.5 Å². The predicted octanol–water partition coefficient (Wildman–Crippen LogP) is 4.31.